The third-order valence-electron chi connectivity index (χ3n) is 3.76. The fraction of sp³-hybridized carbons (Fsp3) is 0.588. The lowest BCUT2D eigenvalue weighted by Gasteiger charge is -2.33. The molecule has 134 valence electrons. The number of carbonyl (C=O) groups is 1. The van der Waals surface area contributed by atoms with Gasteiger partial charge in [-0.05, 0) is 45.1 Å². The lowest BCUT2D eigenvalue weighted by molar-refractivity contribution is 0.0138. The van der Waals surface area contributed by atoms with Crippen molar-refractivity contribution in [2.45, 2.75) is 51.8 Å². The van der Waals surface area contributed by atoms with E-state index < -0.39 is 26.8 Å². The van der Waals surface area contributed by atoms with Crippen molar-refractivity contribution in [2.75, 3.05) is 5.75 Å². The Labute approximate surface area is 148 Å². The van der Waals surface area contributed by atoms with E-state index in [-0.39, 0.29) is 11.7 Å². The van der Waals surface area contributed by atoms with E-state index in [9.17, 15) is 13.2 Å². The Bertz CT molecular complexity index is 666. The van der Waals surface area contributed by atoms with E-state index in [4.69, 9.17) is 15.4 Å². The normalized spacial score (nSPS) is 16.5. The SMILES string of the molecule is CC(C)(C)OC(=O)N(Cc1ccccc1)C(CS(=O)(=O)Cl)C1CC1. The summed E-state index contributed by atoms with van der Waals surface area (Å²) in [6.07, 6.45) is 1.28. The van der Waals surface area contributed by atoms with Gasteiger partial charge >= 0.3 is 6.09 Å². The maximum absolute atomic E-state index is 12.7. The summed E-state index contributed by atoms with van der Waals surface area (Å²) in [5.41, 5.74) is 0.265. The van der Waals surface area contributed by atoms with Gasteiger partial charge < -0.3 is 4.74 Å². The molecule has 0 aromatic heterocycles. The molecule has 1 atom stereocenters. The third-order valence-corrected chi connectivity index (χ3v) is 4.88. The Morgan fingerprint density at radius 1 is 1.29 bits per heavy atom. The predicted octanol–water partition coefficient (Wildman–Crippen LogP) is 3.77. The lowest BCUT2D eigenvalue weighted by Crippen LogP contribution is -2.46. The molecule has 5 nitrogen and oxygen atoms in total. The molecule has 1 amide bonds. The second-order valence-corrected chi connectivity index (χ2v) is 10.0. The first kappa shape index (κ1) is 19.1. The van der Waals surface area contributed by atoms with E-state index in [0.717, 1.165) is 18.4 Å². The van der Waals surface area contributed by atoms with Gasteiger partial charge in [-0.1, -0.05) is 30.3 Å². The van der Waals surface area contributed by atoms with E-state index in [0.29, 0.717) is 6.54 Å². The van der Waals surface area contributed by atoms with Gasteiger partial charge in [0, 0.05) is 17.2 Å². The smallest absolute Gasteiger partial charge is 0.410 e. The molecule has 0 heterocycles. The van der Waals surface area contributed by atoms with E-state index in [2.05, 4.69) is 0 Å². The fourth-order valence-corrected chi connectivity index (χ4v) is 3.83. The van der Waals surface area contributed by atoms with Crippen LogP contribution in [0, 0.1) is 5.92 Å². The van der Waals surface area contributed by atoms with Gasteiger partial charge in [-0.3, -0.25) is 4.90 Å². The zero-order chi connectivity index (χ0) is 18.0. The van der Waals surface area contributed by atoms with Crippen LogP contribution in [-0.4, -0.2) is 36.8 Å². The standard InChI is InChI=1S/C17H24ClNO4S/c1-17(2,3)23-16(20)19(11-13-7-5-4-6-8-13)15(14-9-10-14)12-24(18,21)22/h4-8,14-15H,9-12H2,1-3H3. The highest BCUT2D eigenvalue weighted by molar-refractivity contribution is 8.13. The van der Waals surface area contributed by atoms with Crippen LogP contribution >= 0.6 is 10.7 Å². The van der Waals surface area contributed by atoms with Crippen LogP contribution in [0.4, 0.5) is 4.79 Å². The molecule has 1 aliphatic carbocycles. The van der Waals surface area contributed by atoms with Gasteiger partial charge in [-0.25, -0.2) is 13.2 Å². The Kier molecular flexibility index (Phi) is 5.81. The Morgan fingerprint density at radius 2 is 1.88 bits per heavy atom. The van der Waals surface area contributed by atoms with E-state index in [1.807, 2.05) is 30.3 Å². The fourth-order valence-electron chi connectivity index (χ4n) is 2.58. The molecule has 1 unspecified atom stereocenters. The van der Waals surface area contributed by atoms with Crippen molar-refractivity contribution >= 4 is 25.8 Å². The average Bonchev–Trinajstić information content (AvgIpc) is 3.25. The zero-order valence-electron chi connectivity index (χ0n) is 14.2. The van der Waals surface area contributed by atoms with Crippen molar-refractivity contribution in [3.05, 3.63) is 35.9 Å². The summed E-state index contributed by atoms with van der Waals surface area (Å²) < 4.78 is 28.7. The van der Waals surface area contributed by atoms with Crippen molar-refractivity contribution in [3.8, 4) is 0 Å². The molecule has 1 saturated carbocycles. The second kappa shape index (κ2) is 7.31. The average molecular weight is 374 g/mol. The van der Waals surface area contributed by atoms with Gasteiger partial charge in [-0.2, -0.15) is 0 Å². The molecule has 0 spiro atoms. The summed E-state index contributed by atoms with van der Waals surface area (Å²) in [5, 5.41) is 0. The topological polar surface area (TPSA) is 63.7 Å². The maximum atomic E-state index is 12.7. The molecule has 1 aromatic carbocycles. The van der Waals surface area contributed by atoms with Crippen molar-refractivity contribution in [2.24, 2.45) is 5.92 Å². The van der Waals surface area contributed by atoms with Crippen LogP contribution in [0.2, 0.25) is 0 Å². The van der Waals surface area contributed by atoms with Gasteiger partial charge in [0.25, 0.3) is 0 Å². The molecule has 0 radical (unpaired) electrons. The van der Waals surface area contributed by atoms with Gasteiger partial charge in [0.1, 0.15) is 5.60 Å². The third kappa shape index (κ3) is 6.32. The first-order chi connectivity index (χ1) is 11.1. The summed E-state index contributed by atoms with van der Waals surface area (Å²) in [4.78, 5) is 14.2. The maximum Gasteiger partial charge on any atom is 0.410 e. The van der Waals surface area contributed by atoms with Crippen molar-refractivity contribution < 1.29 is 17.9 Å². The molecule has 0 saturated heterocycles. The molecular formula is C17H24ClNO4S. The molecule has 1 fully saturated rings. The van der Waals surface area contributed by atoms with Gasteiger partial charge in [0.2, 0.25) is 9.05 Å². The molecule has 0 aliphatic heterocycles. The number of amides is 1. The van der Waals surface area contributed by atoms with Crippen LogP contribution < -0.4 is 0 Å². The minimum Gasteiger partial charge on any atom is -0.444 e. The molecule has 24 heavy (non-hydrogen) atoms. The Hall–Kier alpha value is -1.27. The highest BCUT2D eigenvalue weighted by atomic mass is 35.7. The molecule has 2 rings (SSSR count). The summed E-state index contributed by atoms with van der Waals surface area (Å²) in [6, 6.07) is 8.98. The van der Waals surface area contributed by atoms with Crippen molar-refractivity contribution in [1.82, 2.24) is 4.90 Å². The summed E-state index contributed by atoms with van der Waals surface area (Å²) in [5.74, 6) is -0.111. The molecule has 7 heteroatoms. The van der Waals surface area contributed by atoms with E-state index in [1.54, 1.807) is 20.8 Å². The second-order valence-electron chi connectivity index (χ2n) is 7.20. The van der Waals surface area contributed by atoms with Crippen LogP contribution in [0.5, 0.6) is 0 Å². The molecule has 0 bridgehead atoms. The number of ether oxygens (including phenoxy) is 1. The summed E-state index contributed by atoms with van der Waals surface area (Å²) >= 11 is 0. The molecular weight excluding hydrogens is 350 g/mol. The number of halogens is 1. The zero-order valence-corrected chi connectivity index (χ0v) is 15.8. The first-order valence-electron chi connectivity index (χ1n) is 8.01. The lowest BCUT2D eigenvalue weighted by atomic mass is 10.1. The van der Waals surface area contributed by atoms with Crippen molar-refractivity contribution in [3.63, 3.8) is 0 Å². The molecule has 1 aliphatic rings. The van der Waals surface area contributed by atoms with Gasteiger partial charge in [0.15, 0.2) is 0 Å². The molecule has 0 N–H and O–H groups in total. The Balaban J connectivity index is 2.27. The number of hydrogen-bond acceptors (Lipinski definition) is 4. The predicted molar refractivity (Wildman–Crippen MR) is 94.4 cm³/mol. The number of nitrogens with zero attached hydrogens (tertiary/aromatic N) is 1. The summed E-state index contributed by atoms with van der Waals surface area (Å²) in [7, 11) is 1.76. The first-order valence-corrected chi connectivity index (χ1v) is 10.5. The van der Waals surface area contributed by atoms with Gasteiger partial charge in [-0.15, -0.1) is 0 Å². The van der Waals surface area contributed by atoms with Crippen LogP contribution in [0.25, 0.3) is 0 Å². The molecule has 1 aromatic rings. The van der Waals surface area contributed by atoms with Crippen LogP contribution in [0.1, 0.15) is 39.2 Å². The number of rotatable bonds is 6. The van der Waals surface area contributed by atoms with Crippen LogP contribution in [0.3, 0.4) is 0 Å². The number of carbonyl (C=O) groups excluding carboxylic acids is 1. The van der Waals surface area contributed by atoms with E-state index >= 15 is 0 Å². The van der Waals surface area contributed by atoms with E-state index in [1.165, 1.54) is 4.90 Å². The minimum atomic E-state index is -3.72. The van der Waals surface area contributed by atoms with Crippen molar-refractivity contribution in [1.29, 1.82) is 0 Å². The Morgan fingerprint density at radius 3 is 2.33 bits per heavy atom. The highest BCUT2D eigenvalue weighted by Gasteiger charge is 2.41. The minimum absolute atomic E-state index is 0.148. The number of benzene rings is 1. The monoisotopic (exact) mass is 373 g/mol. The quantitative estimate of drug-likeness (QED) is 0.712. The van der Waals surface area contributed by atoms with Crippen LogP contribution in [0.15, 0.2) is 30.3 Å². The van der Waals surface area contributed by atoms with Crippen LogP contribution in [-0.2, 0) is 20.3 Å². The largest absolute Gasteiger partial charge is 0.444 e. The van der Waals surface area contributed by atoms with Gasteiger partial charge in [0.05, 0.1) is 11.8 Å². The number of hydrogen-bond donors (Lipinski definition) is 0. The summed E-state index contributed by atoms with van der Waals surface area (Å²) in [6.45, 7) is 5.66. The highest BCUT2D eigenvalue weighted by Crippen LogP contribution is 2.37.